The molecule has 2 aromatic rings. The fourth-order valence-electron chi connectivity index (χ4n) is 2.15. The van der Waals surface area contributed by atoms with Gasteiger partial charge in [0.05, 0.1) is 7.11 Å². The zero-order chi connectivity index (χ0) is 15.9. The van der Waals surface area contributed by atoms with Crippen LogP contribution in [0.5, 0.6) is 11.5 Å². The van der Waals surface area contributed by atoms with Crippen molar-refractivity contribution in [2.45, 2.75) is 32.4 Å². The third kappa shape index (κ3) is 4.46. The molecule has 0 amide bonds. The largest absolute Gasteiger partial charge is 0.493 e. The van der Waals surface area contributed by atoms with Crippen molar-refractivity contribution in [3.63, 3.8) is 0 Å². The number of methoxy groups -OCH3 is 1. The average Bonchev–Trinajstić information content (AvgIpc) is 2.54. The Morgan fingerprint density at radius 1 is 1.05 bits per heavy atom. The molecule has 0 spiro atoms. The highest BCUT2D eigenvalue weighted by Crippen LogP contribution is 2.29. The van der Waals surface area contributed by atoms with Crippen molar-refractivity contribution in [3.05, 3.63) is 59.4 Å². The average molecular weight is 303 g/mol. The highest BCUT2D eigenvalue weighted by Gasteiger charge is 2.08. The summed E-state index contributed by atoms with van der Waals surface area (Å²) in [6.07, 6.45) is 1.75. The van der Waals surface area contributed by atoms with Gasteiger partial charge in [-0.25, -0.2) is 4.39 Å². The van der Waals surface area contributed by atoms with Crippen LogP contribution in [0, 0.1) is 5.82 Å². The summed E-state index contributed by atoms with van der Waals surface area (Å²) < 4.78 is 24.0. The molecule has 0 aromatic heterocycles. The number of halogens is 1. The van der Waals surface area contributed by atoms with Crippen LogP contribution < -0.4 is 15.2 Å². The standard InChI is InChI=1S/C18H22FNO2/c1-3-16(20)10-14-6-9-17(18(11-14)21-2)22-12-13-4-7-15(19)8-5-13/h4-9,11,16H,3,10,12,20H2,1-2H3. The highest BCUT2D eigenvalue weighted by atomic mass is 19.1. The first kappa shape index (κ1) is 16.3. The molecule has 4 heteroatoms. The number of benzene rings is 2. The predicted octanol–water partition coefficient (Wildman–Crippen LogP) is 3.69. The van der Waals surface area contributed by atoms with Gasteiger partial charge in [0.15, 0.2) is 11.5 Å². The summed E-state index contributed by atoms with van der Waals surface area (Å²) in [6, 6.07) is 12.2. The maximum absolute atomic E-state index is 12.9. The zero-order valence-electron chi connectivity index (χ0n) is 13.0. The van der Waals surface area contributed by atoms with Gasteiger partial charge >= 0.3 is 0 Å². The Bertz CT molecular complexity index is 599. The smallest absolute Gasteiger partial charge is 0.161 e. The van der Waals surface area contributed by atoms with Crippen LogP contribution in [0.3, 0.4) is 0 Å². The van der Waals surface area contributed by atoms with Crippen LogP contribution in [0.15, 0.2) is 42.5 Å². The number of hydrogen-bond acceptors (Lipinski definition) is 3. The summed E-state index contributed by atoms with van der Waals surface area (Å²) >= 11 is 0. The van der Waals surface area contributed by atoms with E-state index in [4.69, 9.17) is 15.2 Å². The number of hydrogen-bond donors (Lipinski definition) is 1. The van der Waals surface area contributed by atoms with E-state index < -0.39 is 0 Å². The monoisotopic (exact) mass is 303 g/mol. The summed E-state index contributed by atoms with van der Waals surface area (Å²) in [5, 5.41) is 0. The Hall–Kier alpha value is -2.07. The summed E-state index contributed by atoms with van der Waals surface area (Å²) in [7, 11) is 1.61. The van der Waals surface area contributed by atoms with E-state index in [1.54, 1.807) is 19.2 Å². The second kappa shape index (κ2) is 7.80. The van der Waals surface area contributed by atoms with Crippen molar-refractivity contribution in [2.24, 2.45) is 5.73 Å². The molecule has 0 bridgehead atoms. The molecule has 0 aliphatic heterocycles. The van der Waals surface area contributed by atoms with Crippen molar-refractivity contribution in [1.82, 2.24) is 0 Å². The van der Waals surface area contributed by atoms with Crippen LogP contribution >= 0.6 is 0 Å². The van der Waals surface area contributed by atoms with Gasteiger partial charge in [0, 0.05) is 6.04 Å². The molecule has 2 aromatic carbocycles. The van der Waals surface area contributed by atoms with Crippen molar-refractivity contribution in [1.29, 1.82) is 0 Å². The normalized spacial score (nSPS) is 12.0. The minimum atomic E-state index is -0.252. The van der Waals surface area contributed by atoms with Crippen LogP contribution in [0.4, 0.5) is 4.39 Å². The van der Waals surface area contributed by atoms with Crippen LogP contribution in [-0.2, 0) is 13.0 Å². The molecule has 0 saturated carbocycles. The fraction of sp³-hybridized carbons (Fsp3) is 0.333. The molecule has 2 N–H and O–H groups in total. The molecular formula is C18H22FNO2. The lowest BCUT2D eigenvalue weighted by Crippen LogP contribution is -2.21. The fourth-order valence-corrected chi connectivity index (χ4v) is 2.15. The minimum absolute atomic E-state index is 0.149. The van der Waals surface area contributed by atoms with Crippen LogP contribution in [-0.4, -0.2) is 13.2 Å². The molecule has 22 heavy (non-hydrogen) atoms. The van der Waals surface area contributed by atoms with Gasteiger partial charge in [-0.05, 0) is 48.2 Å². The molecular weight excluding hydrogens is 281 g/mol. The van der Waals surface area contributed by atoms with Crippen LogP contribution in [0.2, 0.25) is 0 Å². The van der Waals surface area contributed by atoms with Crippen molar-refractivity contribution >= 4 is 0 Å². The summed E-state index contributed by atoms with van der Waals surface area (Å²) in [4.78, 5) is 0. The molecule has 1 unspecified atom stereocenters. The summed E-state index contributed by atoms with van der Waals surface area (Å²) in [5.41, 5.74) is 8.01. The van der Waals surface area contributed by atoms with Crippen LogP contribution in [0.1, 0.15) is 24.5 Å². The summed E-state index contributed by atoms with van der Waals surface area (Å²) in [6.45, 7) is 2.44. The maximum Gasteiger partial charge on any atom is 0.161 e. The first-order valence-electron chi connectivity index (χ1n) is 7.42. The van der Waals surface area contributed by atoms with E-state index in [0.29, 0.717) is 18.1 Å². The van der Waals surface area contributed by atoms with Gasteiger partial charge in [0.1, 0.15) is 12.4 Å². The van der Waals surface area contributed by atoms with E-state index in [1.807, 2.05) is 18.2 Å². The van der Waals surface area contributed by atoms with Crippen molar-refractivity contribution in [3.8, 4) is 11.5 Å². The molecule has 0 heterocycles. The van der Waals surface area contributed by atoms with Gasteiger partial charge < -0.3 is 15.2 Å². The zero-order valence-corrected chi connectivity index (χ0v) is 13.0. The van der Waals surface area contributed by atoms with Crippen molar-refractivity contribution in [2.75, 3.05) is 7.11 Å². The van der Waals surface area contributed by atoms with E-state index in [-0.39, 0.29) is 11.9 Å². The maximum atomic E-state index is 12.9. The quantitative estimate of drug-likeness (QED) is 0.848. The van der Waals surface area contributed by atoms with Gasteiger partial charge in [-0.3, -0.25) is 0 Å². The van der Waals surface area contributed by atoms with Gasteiger partial charge in [0.25, 0.3) is 0 Å². The minimum Gasteiger partial charge on any atom is -0.493 e. The lowest BCUT2D eigenvalue weighted by Gasteiger charge is -2.14. The predicted molar refractivity (Wildman–Crippen MR) is 85.7 cm³/mol. The molecule has 0 saturated heterocycles. The molecule has 118 valence electrons. The molecule has 0 radical (unpaired) electrons. The number of ether oxygens (including phenoxy) is 2. The number of rotatable bonds is 7. The third-order valence-corrected chi connectivity index (χ3v) is 3.56. The van der Waals surface area contributed by atoms with Crippen LogP contribution in [0.25, 0.3) is 0 Å². The van der Waals surface area contributed by atoms with Gasteiger partial charge in [-0.15, -0.1) is 0 Å². The van der Waals surface area contributed by atoms with Crippen molar-refractivity contribution < 1.29 is 13.9 Å². The van der Waals surface area contributed by atoms with E-state index in [0.717, 1.165) is 24.0 Å². The molecule has 0 aliphatic carbocycles. The first-order valence-corrected chi connectivity index (χ1v) is 7.42. The van der Waals surface area contributed by atoms with E-state index in [1.165, 1.54) is 12.1 Å². The Morgan fingerprint density at radius 2 is 1.73 bits per heavy atom. The Balaban J connectivity index is 2.05. The first-order chi connectivity index (χ1) is 10.6. The van der Waals surface area contributed by atoms with E-state index in [2.05, 4.69) is 6.92 Å². The molecule has 0 aliphatic rings. The van der Waals surface area contributed by atoms with Gasteiger partial charge in [0.2, 0.25) is 0 Å². The van der Waals surface area contributed by atoms with E-state index in [9.17, 15) is 4.39 Å². The second-order valence-corrected chi connectivity index (χ2v) is 5.27. The highest BCUT2D eigenvalue weighted by molar-refractivity contribution is 5.43. The lowest BCUT2D eigenvalue weighted by atomic mass is 10.0. The SMILES string of the molecule is CCC(N)Cc1ccc(OCc2ccc(F)cc2)c(OC)c1. The molecule has 1 atom stereocenters. The lowest BCUT2D eigenvalue weighted by molar-refractivity contribution is 0.284. The van der Waals surface area contributed by atoms with Gasteiger partial charge in [-0.2, -0.15) is 0 Å². The molecule has 2 rings (SSSR count). The van der Waals surface area contributed by atoms with E-state index >= 15 is 0 Å². The van der Waals surface area contributed by atoms with Gasteiger partial charge in [-0.1, -0.05) is 25.1 Å². The number of nitrogens with two attached hydrogens (primary N) is 1. The molecule has 0 fully saturated rings. The molecule has 3 nitrogen and oxygen atoms in total. The topological polar surface area (TPSA) is 44.5 Å². The Kier molecular flexibility index (Phi) is 5.78. The Labute approximate surface area is 130 Å². The Morgan fingerprint density at radius 3 is 2.36 bits per heavy atom. The second-order valence-electron chi connectivity index (χ2n) is 5.27. The summed E-state index contributed by atoms with van der Waals surface area (Å²) in [5.74, 6) is 1.10. The third-order valence-electron chi connectivity index (χ3n) is 3.56.